The molecule has 0 atom stereocenters. The predicted octanol–water partition coefficient (Wildman–Crippen LogP) is 4.41. The molecule has 2 aliphatic rings. The molecular formula is C25H23N3O5S. The molecule has 1 heterocycles. The largest absolute Gasteiger partial charge is 0.478 e. The summed E-state index contributed by atoms with van der Waals surface area (Å²) in [6.07, 6.45) is 0.434. The Bertz CT molecular complexity index is 1240. The Morgan fingerprint density at radius 2 is 1.68 bits per heavy atom. The van der Waals surface area contributed by atoms with Crippen LogP contribution in [0, 0.1) is 12.8 Å². The van der Waals surface area contributed by atoms with Crippen LogP contribution in [0.25, 0.3) is 11.1 Å². The number of alkyl carbamates (subject to hydrolysis) is 1. The van der Waals surface area contributed by atoms with Gasteiger partial charge in [0.05, 0.1) is 5.69 Å². The summed E-state index contributed by atoms with van der Waals surface area (Å²) in [6, 6.07) is 16.1. The van der Waals surface area contributed by atoms with Crippen molar-refractivity contribution in [1.29, 1.82) is 0 Å². The van der Waals surface area contributed by atoms with Crippen molar-refractivity contribution < 1.29 is 24.2 Å². The van der Waals surface area contributed by atoms with E-state index >= 15 is 0 Å². The highest BCUT2D eigenvalue weighted by molar-refractivity contribution is 7.11. The van der Waals surface area contributed by atoms with Crippen molar-refractivity contribution in [1.82, 2.24) is 9.69 Å². The van der Waals surface area contributed by atoms with E-state index in [0.717, 1.165) is 22.7 Å². The van der Waals surface area contributed by atoms with Gasteiger partial charge in [-0.15, -0.1) is 0 Å². The van der Waals surface area contributed by atoms with Crippen LogP contribution in [0.4, 0.5) is 9.80 Å². The van der Waals surface area contributed by atoms with E-state index in [1.165, 1.54) is 11.1 Å². The molecule has 174 valence electrons. The Balaban J connectivity index is 1.12. The van der Waals surface area contributed by atoms with E-state index in [1.54, 1.807) is 6.92 Å². The monoisotopic (exact) mass is 477 g/mol. The second-order valence-electron chi connectivity index (χ2n) is 8.60. The molecule has 0 bridgehead atoms. The van der Waals surface area contributed by atoms with Gasteiger partial charge in [0.2, 0.25) is 5.91 Å². The maximum atomic E-state index is 12.5. The maximum Gasteiger partial charge on any atom is 0.407 e. The first-order chi connectivity index (χ1) is 16.4. The minimum atomic E-state index is -1.12. The van der Waals surface area contributed by atoms with Gasteiger partial charge in [-0.25, -0.2) is 9.59 Å². The minimum Gasteiger partial charge on any atom is -0.478 e. The van der Waals surface area contributed by atoms with E-state index in [-0.39, 0.29) is 41.0 Å². The van der Waals surface area contributed by atoms with Crippen LogP contribution >= 0.6 is 11.5 Å². The van der Waals surface area contributed by atoms with Crippen molar-refractivity contribution in [3.8, 4) is 11.1 Å². The van der Waals surface area contributed by atoms with Gasteiger partial charge in [0.1, 0.15) is 17.2 Å². The van der Waals surface area contributed by atoms with Gasteiger partial charge in [0, 0.05) is 17.9 Å². The number of aryl methyl sites for hydroxylation is 1. The molecule has 0 saturated heterocycles. The molecule has 2 aromatic carbocycles. The summed E-state index contributed by atoms with van der Waals surface area (Å²) in [5, 5.41) is 15.0. The quantitative estimate of drug-likeness (QED) is 0.484. The molecule has 1 fully saturated rings. The number of amides is 2. The van der Waals surface area contributed by atoms with E-state index < -0.39 is 12.1 Å². The third-order valence-corrected chi connectivity index (χ3v) is 7.34. The summed E-state index contributed by atoms with van der Waals surface area (Å²) < 4.78 is 9.56. The lowest BCUT2D eigenvalue weighted by Gasteiger charge is -2.34. The smallest absolute Gasteiger partial charge is 0.407 e. The van der Waals surface area contributed by atoms with Crippen LogP contribution in [0.1, 0.15) is 45.9 Å². The number of hydrogen-bond acceptors (Lipinski definition) is 6. The van der Waals surface area contributed by atoms with Gasteiger partial charge in [0.15, 0.2) is 0 Å². The fourth-order valence-corrected chi connectivity index (χ4v) is 5.47. The van der Waals surface area contributed by atoms with Crippen molar-refractivity contribution in [3.05, 3.63) is 70.9 Å². The topological polar surface area (TPSA) is 118 Å². The van der Waals surface area contributed by atoms with E-state index in [1.807, 2.05) is 24.3 Å². The first-order valence-electron chi connectivity index (χ1n) is 11.0. The van der Waals surface area contributed by atoms with Crippen LogP contribution < -0.4 is 10.6 Å². The standard InChI is InChI=1S/C25H23N3O5S/c1-13-21(24(30)31)23(34-28-13)27-22(29)14-10-15(11-14)26-25(32)33-12-20-18-8-4-2-6-16(18)17-7-3-5-9-19(17)20/h2-9,14-15,20H,10-12H2,1H3,(H,26,32)(H,27,29)(H,30,31). The lowest BCUT2D eigenvalue weighted by atomic mass is 9.79. The number of carbonyl (C=O) groups excluding carboxylic acids is 2. The highest BCUT2D eigenvalue weighted by atomic mass is 32.1. The fraction of sp³-hybridized carbons (Fsp3) is 0.280. The zero-order chi connectivity index (χ0) is 23.8. The van der Waals surface area contributed by atoms with Crippen molar-refractivity contribution in [2.75, 3.05) is 11.9 Å². The molecule has 0 radical (unpaired) electrons. The second-order valence-corrected chi connectivity index (χ2v) is 9.38. The molecule has 2 amide bonds. The van der Waals surface area contributed by atoms with Crippen LogP contribution in [0.5, 0.6) is 0 Å². The number of carboxylic acid groups (broad SMARTS) is 1. The molecule has 0 aliphatic heterocycles. The number of nitrogens with zero attached hydrogens (tertiary/aromatic N) is 1. The van der Waals surface area contributed by atoms with Crippen LogP contribution in [0.3, 0.4) is 0 Å². The van der Waals surface area contributed by atoms with Crippen molar-refractivity contribution in [2.24, 2.45) is 5.92 Å². The first-order valence-corrected chi connectivity index (χ1v) is 11.8. The van der Waals surface area contributed by atoms with Gasteiger partial charge >= 0.3 is 12.1 Å². The number of aromatic nitrogens is 1. The summed E-state index contributed by atoms with van der Waals surface area (Å²) in [7, 11) is 0. The van der Waals surface area contributed by atoms with Crippen molar-refractivity contribution >= 4 is 34.5 Å². The van der Waals surface area contributed by atoms with Gasteiger partial charge < -0.3 is 20.5 Å². The first kappa shape index (κ1) is 22.1. The summed E-state index contributed by atoms with van der Waals surface area (Å²) in [5.74, 6) is -1.70. The Morgan fingerprint density at radius 3 is 2.29 bits per heavy atom. The number of fused-ring (bicyclic) bond motifs is 3. The summed E-state index contributed by atoms with van der Waals surface area (Å²) in [6.45, 7) is 1.83. The number of aromatic carboxylic acids is 1. The number of hydrogen-bond donors (Lipinski definition) is 3. The average molecular weight is 478 g/mol. The molecule has 0 spiro atoms. The highest BCUT2D eigenvalue weighted by Crippen LogP contribution is 2.44. The molecule has 0 unspecified atom stereocenters. The lowest BCUT2D eigenvalue weighted by molar-refractivity contribution is -0.122. The number of rotatable bonds is 6. The van der Waals surface area contributed by atoms with Crippen molar-refractivity contribution in [3.63, 3.8) is 0 Å². The molecule has 1 aromatic heterocycles. The normalized spacial score (nSPS) is 18.4. The van der Waals surface area contributed by atoms with Crippen LogP contribution in [-0.2, 0) is 9.53 Å². The molecule has 5 rings (SSSR count). The highest BCUT2D eigenvalue weighted by Gasteiger charge is 2.37. The fourth-order valence-electron chi connectivity index (χ4n) is 4.68. The Kier molecular flexibility index (Phi) is 5.79. The molecule has 2 aliphatic carbocycles. The summed E-state index contributed by atoms with van der Waals surface area (Å²) >= 11 is 0.953. The van der Waals surface area contributed by atoms with E-state index in [0.29, 0.717) is 18.5 Å². The summed E-state index contributed by atoms with van der Waals surface area (Å²) in [4.78, 5) is 36.2. The van der Waals surface area contributed by atoms with Gasteiger partial charge in [-0.2, -0.15) is 4.37 Å². The Morgan fingerprint density at radius 1 is 1.06 bits per heavy atom. The van der Waals surface area contributed by atoms with Crippen LogP contribution in [0.15, 0.2) is 48.5 Å². The number of ether oxygens (including phenoxy) is 1. The zero-order valence-corrected chi connectivity index (χ0v) is 19.2. The Labute approximate surface area is 200 Å². The number of benzene rings is 2. The molecule has 9 heteroatoms. The van der Waals surface area contributed by atoms with Gasteiger partial charge in [-0.3, -0.25) is 4.79 Å². The van der Waals surface area contributed by atoms with Gasteiger partial charge in [-0.1, -0.05) is 48.5 Å². The predicted molar refractivity (Wildman–Crippen MR) is 127 cm³/mol. The van der Waals surface area contributed by atoms with Gasteiger partial charge in [-0.05, 0) is 53.6 Å². The molecular weight excluding hydrogens is 454 g/mol. The average Bonchev–Trinajstić information content (AvgIpc) is 3.32. The Hall–Kier alpha value is -3.72. The number of anilines is 1. The van der Waals surface area contributed by atoms with Gasteiger partial charge in [0.25, 0.3) is 0 Å². The number of carbonyl (C=O) groups is 3. The molecule has 3 N–H and O–H groups in total. The van der Waals surface area contributed by atoms with E-state index in [9.17, 15) is 19.5 Å². The summed E-state index contributed by atoms with van der Waals surface area (Å²) in [5.41, 5.74) is 5.03. The van der Waals surface area contributed by atoms with E-state index in [2.05, 4.69) is 39.3 Å². The second kappa shape index (κ2) is 8.90. The maximum absolute atomic E-state index is 12.5. The van der Waals surface area contributed by atoms with Crippen LogP contribution in [0.2, 0.25) is 0 Å². The SMILES string of the molecule is Cc1nsc(NC(=O)C2CC(NC(=O)OCC3c4ccccc4-c4ccccc43)C2)c1C(=O)O. The van der Waals surface area contributed by atoms with Crippen LogP contribution in [-0.4, -0.2) is 40.1 Å². The molecule has 34 heavy (non-hydrogen) atoms. The lowest BCUT2D eigenvalue weighted by Crippen LogP contribution is -2.48. The number of carboxylic acids is 1. The molecule has 8 nitrogen and oxygen atoms in total. The minimum absolute atomic E-state index is 0.00985. The zero-order valence-electron chi connectivity index (χ0n) is 18.4. The third kappa shape index (κ3) is 4.03. The third-order valence-electron chi connectivity index (χ3n) is 6.49. The van der Waals surface area contributed by atoms with E-state index in [4.69, 9.17) is 4.74 Å². The molecule has 3 aromatic rings. The molecule has 1 saturated carbocycles. The van der Waals surface area contributed by atoms with Crippen molar-refractivity contribution in [2.45, 2.75) is 31.7 Å². The number of nitrogens with one attached hydrogen (secondary N) is 2.